The second-order valence-corrected chi connectivity index (χ2v) is 6.82. The van der Waals surface area contributed by atoms with E-state index in [9.17, 15) is 4.79 Å². The minimum Gasteiger partial charge on any atom is -0.370 e. The summed E-state index contributed by atoms with van der Waals surface area (Å²) in [6.45, 7) is 6.25. The quantitative estimate of drug-likeness (QED) is 0.848. The molecule has 3 rings (SSSR count). The molecule has 0 aromatic heterocycles. The number of rotatable bonds is 4. The summed E-state index contributed by atoms with van der Waals surface area (Å²) >= 11 is 0. The smallest absolute Gasteiger partial charge is 0.254 e. The molecule has 0 saturated carbocycles. The van der Waals surface area contributed by atoms with E-state index >= 15 is 0 Å². The zero-order valence-electron chi connectivity index (χ0n) is 14.4. The van der Waals surface area contributed by atoms with Crippen molar-refractivity contribution in [3.05, 3.63) is 71.3 Å². The van der Waals surface area contributed by atoms with Gasteiger partial charge < -0.3 is 9.64 Å². The van der Waals surface area contributed by atoms with Crippen LogP contribution >= 0.6 is 0 Å². The maximum absolute atomic E-state index is 12.8. The molecule has 1 amide bonds. The van der Waals surface area contributed by atoms with Crippen LogP contribution in [0.4, 0.5) is 0 Å². The van der Waals surface area contributed by atoms with E-state index in [1.165, 1.54) is 5.56 Å². The van der Waals surface area contributed by atoms with E-state index < -0.39 is 0 Å². The van der Waals surface area contributed by atoms with E-state index in [0.29, 0.717) is 25.6 Å². The van der Waals surface area contributed by atoms with E-state index in [0.717, 1.165) is 17.5 Å². The summed E-state index contributed by atoms with van der Waals surface area (Å²) < 4.78 is 5.85. The molecule has 0 N–H and O–H groups in total. The van der Waals surface area contributed by atoms with Crippen molar-refractivity contribution in [3.8, 4) is 0 Å². The van der Waals surface area contributed by atoms with Crippen LogP contribution in [0.3, 0.4) is 0 Å². The van der Waals surface area contributed by atoms with Crippen LogP contribution in [0.15, 0.2) is 54.6 Å². The summed E-state index contributed by atoms with van der Waals surface area (Å²) in [5.41, 5.74) is 3.17. The molecule has 0 spiro atoms. The summed E-state index contributed by atoms with van der Waals surface area (Å²) in [5, 5.41) is 0. The first-order valence-corrected chi connectivity index (χ1v) is 8.68. The summed E-state index contributed by atoms with van der Waals surface area (Å²) in [6.07, 6.45) is 1.01. The van der Waals surface area contributed by atoms with Gasteiger partial charge in [0.25, 0.3) is 5.91 Å². The Hall–Kier alpha value is -2.13. The van der Waals surface area contributed by atoms with Crippen LogP contribution < -0.4 is 0 Å². The van der Waals surface area contributed by atoms with Crippen LogP contribution in [-0.4, -0.2) is 30.5 Å². The molecule has 0 aliphatic carbocycles. The molecular weight excluding hydrogens is 298 g/mol. The van der Waals surface area contributed by atoms with Gasteiger partial charge in [-0.1, -0.05) is 56.3 Å². The largest absolute Gasteiger partial charge is 0.370 e. The van der Waals surface area contributed by atoms with Gasteiger partial charge in [0, 0.05) is 12.1 Å². The maximum atomic E-state index is 12.8. The summed E-state index contributed by atoms with van der Waals surface area (Å²) in [4.78, 5) is 14.7. The standard InChI is InChI=1S/C21H25NO2/c1-16(2)14-17-8-10-19(11-9-17)21(23)22-12-13-24-20(15-22)18-6-4-3-5-7-18/h3-11,16,20H,12-15H2,1-2H3. The number of carbonyl (C=O) groups is 1. The zero-order chi connectivity index (χ0) is 16.9. The number of hydrogen-bond acceptors (Lipinski definition) is 2. The fourth-order valence-electron chi connectivity index (χ4n) is 3.14. The lowest BCUT2D eigenvalue weighted by Gasteiger charge is -2.33. The summed E-state index contributed by atoms with van der Waals surface area (Å²) in [7, 11) is 0. The molecule has 0 bridgehead atoms. The normalized spacial score (nSPS) is 18.0. The van der Waals surface area contributed by atoms with Gasteiger partial charge in [0.2, 0.25) is 0 Å². The van der Waals surface area contributed by atoms with Crippen LogP contribution in [0.5, 0.6) is 0 Å². The molecule has 1 unspecified atom stereocenters. The average molecular weight is 323 g/mol. The second kappa shape index (κ2) is 7.63. The third-order valence-corrected chi connectivity index (χ3v) is 4.37. The third kappa shape index (κ3) is 4.04. The predicted molar refractivity (Wildman–Crippen MR) is 96.0 cm³/mol. The van der Waals surface area contributed by atoms with Crippen LogP contribution in [0.25, 0.3) is 0 Å². The van der Waals surface area contributed by atoms with Crippen molar-refractivity contribution < 1.29 is 9.53 Å². The molecule has 3 heteroatoms. The van der Waals surface area contributed by atoms with Crippen LogP contribution in [-0.2, 0) is 11.2 Å². The van der Waals surface area contributed by atoms with Crippen molar-refractivity contribution in [1.82, 2.24) is 4.90 Å². The highest BCUT2D eigenvalue weighted by molar-refractivity contribution is 5.94. The number of hydrogen-bond donors (Lipinski definition) is 0. The van der Waals surface area contributed by atoms with Crippen molar-refractivity contribution in [2.24, 2.45) is 5.92 Å². The minimum absolute atomic E-state index is 0.0379. The highest BCUT2D eigenvalue weighted by Crippen LogP contribution is 2.23. The SMILES string of the molecule is CC(C)Cc1ccc(C(=O)N2CCOC(c3ccccc3)C2)cc1. The molecule has 24 heavy (non-hydrogen) atoms. The highest BCUT2D eigenvalue weighted by Gasteiger charge is 2.25. The topological polar surface area (TPSA) is 29.5 Å². The Bertz CT molecular complexity index is 664. The second-order valence-electron chi connectivity index (χ2n) is 6.82. The van der Waals surface area contributed by atoms with Gasteiger partial charge in [-0.15, -0.1) is 0 Å². The number of carbonyl (C=O) groups excluding carboxylic acids is 1. The minimum atomic E-state index is -0.0379. The van der Waals surface area contributed by atoms with E-state index in [4.69, 9.17) is 4.74 Å². The lowest BCUT2D eigenvalue weighted by molar-refractivity contribution is -0.0228. The summed E-state index contributed by atoms with van der Waals surface area (Å²) in [6, 6.07) is 18.2. The van der Waals surface area contributed by atoms with Gasteiger partial charge in [0.05, 0.1) is 13.2 Å². The predicted octanol–water partition coefficient (Wildman–Crippen LogP) is 4.10. The molecule has 1 fully saturated rings. The van der Waals surface area contributed by atoms with E-state index in [1.54, 1.807) is 0 Å². The van der Waals surface area contributed by atoms with Crippen molar-refractivity contribution in [1.29, 1.82) is 0 Å². The van der Waals surface area contributed by atoms with Crippen LogP contribution in [0, 0.1) is 5.92 Å². The molecule has 2 aromatic carbocycles. The van der Waals surface area contributed by atoms with E-state index in [1.807, 2.05) is 35.2 Å². The number of ether oxygens (including phenoxy) is 1. The molecule has 0 radical (unpaired) electrons. The van der Waals surface area contributed by atoms with Gasteiger partial charge in [-0.3, -0.25) is 4.79 Å². The van der Waals surface area contributed by atoms with Gasteiger partial charge in [0.15, 0.2) is 0 Å². The Morgan fingerprint density at radius 2 is 1.83 bits per heavy atom. The molecule has 1 saturated heterocycles. The lowest BCUT2D eigenvalue weighted by atomic mass is 10.0. The van der Waals surface area contributed by atoms with Crippen LogP contribution in [0.1, 0.15) is 41.4 Å². The van der Waals surface area contributed by atoms with Gasteiger partial charge in [0.1, 0.15) is 6.10 Å². The molecule has 1 aliphatic rings. The molecule has 2 aromatic rings. The number of benzene rings is 2. The Balaban J connectivity index is 1.68. The van der Waals surface area contributed by atoms with E-state index in [2.05, 4.69) is 38.1 Å². The number of morpholine rings is 1. The maximum Gasteiger partial charge on any atom is 0.254 e. The fraction of sp³-hybridized carbons (Fsp3) is 0.381. The molecule has 1 heterocycles. The van der Waals surface area contributed by atoms with Gasteiger partial charge in [-0.2, -0.15) is 0 Å². The van der Waals surface area contributed by atoms with Crippen molar-refractivity contribution in [3.63, 3.8) is 0 Å². The molecular formula is C21H25NO2. The fourth-order valence-corrected chi connectivity index (χ4v) is 3.14. The third-order valence-electron chi connectivity index (χ3n) is 4.37. The molecule has 3 nitrogen and oxygen atoms in total. The Morgan fingerprint density at radius 1 is 1.12 bits per heavy atom. The average Bonchev–Trinajstić information content (AvgIpc) is 2.62. The Kier molecular flexibility index (Phi) is 5.31. The van der Waals surface area contributed by atoms with Gasteiger partial charge in [-0.25, -0.2) is 0 Å². The molecule has 1 aliphatic heterocycles. The monoisotopic (exact) mass is 323 g/mol. The van der Waals surface area contributed by atoms with Crippen molar-refractivity contribution in [2.45, 2.75) is 26.4 Å². The molecule has 126 valence electrons. The summed E-state index contributed by atoms with van der Waals surface area (Å²) in [5.74, 6) is 0.716. The number of nitrogens with zero attached hydrogens (tertiary/aromatic N) is 1. The zero-order valence-corrected chi connectivity index (χ0v) is 14.4. The van der Waals surface area contributed by atoms with Gasteiger partial charge in [-0.05, 0) is 35.6 Å². The van der Waals surface area contributed by atoms with Crippen LogP contribution in [0.2, 0.25) is 0 Å². The van der Waals surface area contributed by atoms with Crippen molar-refractivity contribution in [2.75, 3.05) is 19.7 Å². The Labute approximate surface area is 144 Å². The molecule has 1 atom stereocenters. The highest BCUT2D eigenvalue weighted by atomic mass is 16.5. The number of amides is 1. The Morgan fingerprint density at radius 3 is 2.50 bits per heavy atom. The first-order chi connectivity index (χ1) is 11.6. The lowest BCUT2D eigenvalue weighted by Crippen LogP contribution is -2.42. The first-order valence-electron chi connectivity index (χ1n) is 8.68. The first kappa shape index (κ1) is 16.7. The van der Waals surface area contributed by atoms with Gasteiger partial charge >= 0.3 is 0 Å². The van der Waals surface area contributed by atoms with E-state index in [-0.39, 0.29) is 12.0 Å². The van der Waals surface area contributed by atoms with Crippen molar-refractivity contribution >= 4 is 5.91 Å².